The molecule has 0 fully saturated rings. The van der Waals surface area contributed by atoms with E-state index in [1.54, 1.807) is 0 Å². The molecule has 0 radical (unpaired) electrons. The average molecular weight is 623 g/mol. The molecule has 1 aliphatic rings. The number of benzene rings is 9. The fourth-order valence-corrected chi connectivity index (χ4v) is 8.82. The van der Waals surface area contributed by atoms with Crippen LogP contribution < -0.4 is 0 Å². The lowest BCUT2D eigenvalue weighted by atomic mass is 9.80. The van der Waals surface area contributed by atoms with Crippen molar-refractivity contribution in [3.63, 3.8) is 0 Å². The molecule has 49 heavy (non-hydrogen) atoms. The van der Waals surface area contributed by atoms with Gasteiger partial charge in [-0.1, -0.05) is 172 Å². The van der Waals surface area contributed by atoms with Crippen LogP contribution in [0.3, 0.4) is 0 Å². The van der Waals surface area contributed by atoms with E-state index in [4.69, 9.17) is 0 Å². The first-order chi connectivity index (χ1) is 24.1. The van der Waals surface area contributed by atoms with Crippen molar-refractivity contribution in [2.24, 2.45) is 0 Å². The van der Waals surface area contributed by atoms with Crippen molar-refractivity contribution < 1.29 is 0 Å². The summed E-state index contributed by atoms with van der Waals surface area (Å²) < 4.78 is 0. The highest BCUT2D eigenvalue weighted by molar-refractivity contribution is 6.23. The molecule has 0 aliphatic heterocycles. The maximum atomic E-state index is 2.43. The largest absolute Gasteiger partial charge is 0.0616 e. The van der Waals surface area contributed by atoms with Crippen LogP contribution in [-0.2, 0) is 5.41 Å². The van der Waals surface area contributed by atoms with E-state index in [-0.39, 0.29) is 5.41 Å². The highest BCUT2D eigenvalue weighted by atomic mass is 14.4. The van der Waals surface area contributed by atoms with Crippen molar-refractivity contribution >= 4 is 43.1 Å². The topological polar surface area (TPSA) is 0 Å². The van der Waals surface area contributed by atoms with Gasteiger partial charge in [-0.25, -0.2) is 0 Å². The van der Waals surface area contributed by atoms with E-state index in [0.29, 0.717) is 0 Å². The van der Waals surface area contributed by atoms with Crippen molar-refractivity contribution in [2.75, 3.05) is 0 Å². The average Bonchev–Trinajstić information content (AvgIpc) is 3.39. The summed E-state index contributed by atoms with van der Waals surface area (Å²) in [6.45, 7) is 4.76. The predicted molar refractivity (Wildman–Crippen MR) is 210 cm³/mol. The third kappa shape index (κ3) is 4.11. The van der Waals surface area contributed by atoms with Gasteiger partial charge in [-0.05, 0) is 111 Å². The van der Waals surface area contributed by atoms with Gasteiger partial charge in [0.05, 0.1) is 0 Å². The molecule has 0 atom stereocenters. The molecule has 9 aromatic rings. The first-order valence-corrected chi connectivity index (χ1v) is 17.3. The van der Waals surface area contributed by atoms with Gasteiger partial charge in [-0.15, -0.1) is 0 Å². The summed E-state index contributed by atoms with van der Waals surface area (Å²) in [6, 6.07) is 63.1. The molecule has 0 saturated heterocycles. The summed E-state index contributed by atoms with van der Waals surface area (Å²) >= 11 is 0. The number of hydrogen-bond acceptors (Lipinski definition) is 0. The van der Waals surface area contributed by atoms with Crippen LogP contribution in [0.4, 0.5) is 0 Å². The first kappa shape index (κ1) is 28.1. The van der Waals surface area contributed by atoms with Crippen LogP contribution in [-0.4, -0.2) is 0 Å². The molecule has 1 aliphatic carbocycles. The van der Waals surface area contributed by atoms with Crippen LogP contribution in [0, 0.1) is 0 Å². The Hall–Kier alpha value is -5.98. The second-order valence-corrected chi connectivity index (χ2v) is 14.0. The van der Waals surface area contributed by atoms with Crippen molar-refractivity contribution in [3.05, 3.63) is 181 Å². The monoisotopic (exact) mass is 622 g/mol. The number of hydrogen-bond donors (Lipinski definition) is 0. The Morgan fingerprint density at radius 1 is 0.327 bits per heavy atom. The Balaban J connectivity index is 1.18. The normalized spacial score (nSPS) is 13.3. The van der Waals surface area contributed by atoms with Gasteiger partial charge in [0, 0.05) is 5.41 Å². The van der Waals surface area contributed by atoms with Gasteiger partial charge in [0.25, 0.3) is 0 Å². The van der Waals surface area contributed by atoms with E-state index < -0.39 is 0 Å². The molecule has 0 spiro atoms. The Bertz CT molecular complexity index is 2730. The summed E-state index contributed by atoms with van der Waals surface area (Å²) in [5.41, 5.74) is 13.1. The standard InChI is InChI=1S/C49H34/c1-49(2)45-28-26-34(30-44(45)43-27-25-32-14-4-6-19-37(32)48(43)49)33-16-11-17-35(29-33)46-39-20-7-9-22-41(39)47(42-23-10-8-21-40(42)46)38-24-12-15-31-13-3-5-18-36(31)38/h3-30H,1-2H3. The van der Waals surface area contributed by atoms with E-state index in [9.17, 15) is 0 Å². The zero-order valence-corrected chi connectivity index (χ0v) is 27.7. The highest BCUT2D eigenvalue weighted by Crippen LogP contribution is 2.52. The molecule has 230 valence electrons. The lowest BCUT2D eigenvalue weighted by Crippen LogP contribution is -2.15. The minimum Gasteiger partial charge on any atom is -0.0616 e. The minimum absolute atomic E-state index is 0.0600. The van der Waals surface area contributed by atoms with Gasteiger partial charge >= 0.3 is 0 Å². The molecule has 0 nitrogen and oxygen atoms in total. The van der Waals surface area contributed by atoms with E-state index in [2.05, 4.69) is 184 Å². The summed E-state index contributed by atoms with van der Waals surface area (Å²) in [6.07, 6.45) is 0. The van der Waals surface area contributed by atoms with Gasteiger partial charge in [-0.3, -0.25) is 0 Å². The molecule has 0 saturated carbocycles. The van der Waals surface area contributed by atoms with Gasteiger partial charge < -0.3 is 0 Å². The fourth-order valence-electron chi connectivity index (χ4n) is 8.82. The lowest BCUT2D eigenvalue weighted by molar-refractivity contribution is 0.666. The lowest BCUT2D eigenvalue weighted by Gasteiger charge is -2.23. The van der Waals surface area contributed by atoms with Gasteiger partial charge in [0.2, 0.25) is 0 Å². The fraction of sp³-hybridized carbons (Fsp3) is 0.0612. The van der Waals surface area contributed by atoms with Crippen molar-refractivity contribution in [1.29, 1.82) is 0 Å². The smallest absolute Gasteiger partial charge is 0.0165 e. The number of rotatable bonds is 3. The maximum Gasteiger partial charge on any atom is 0.0165 e. The SMILES string of the molecule is CC1(C)c2ccc(-c3cccc(-c4c5ccccc5c(-c5cccc6ccccc56)c5ccccc45)c3)cc2-c2ccc3ccccc3c21. The Morgan fingerprint density at radius 2 is 0.857 bits per heavy atom. The summed E-state index contributed by atoms with van der Waals surface area (Å²) in [7, 11) is 0. The van der Waals surface area contributed by atoms with Crippen LogP contribution in [0.15, 0.2) is 170 Å². The summed E-state index contributed by atoms with van der Waals surface area (Å²) in [5, 5.41) is 10.3. The van der Waals surface area contributed by atoms with Gasteiger partial charge in [0.1, 0.15) is 0 Å². The summed E-state index contributed by atoms with van der Waals surface area (Å²) in [4.78, 5) is 0. The molecule has 0 aromatic heterocycles. The molecule has 0 N–H and O–H groups in total. The molecular formula is C49H34. The van der Waals surface area contributed by atoms with Crippen molar-refractivity contribution in [2.45, 2.75) is 19.3 Å². The predicted octanol–water partition coefficient (Wildman–Crippen LogP) is 13.6. The van der Waals surface area contributed by atoms with Crippen molar-refractivity contribution in [3.8, 4) is 44.5 Å². The molecule has 0 bridgehead atoms. The van der Waals surface area contributed by atoms with Gasteiger partial charge in [-0.2, -0.15) is 0 Å². The second kappa shape index (κ2) is 10.5. The molecule has 0 heteroatoms. The Kier molecular flexibility index (Phi) is 6.02. The minimum atomic E-state index is -0.0600. The van der Waals surface area contributed by atoms with Gasteiger partial charge in [0.15, 0.2) is 0 Å². The quantitative estimate of drug-likeness (QED) is 0.172. The molecule has 0 heterocycles. The zero-order chi connectivity index (χ0) is 32.7. The number of fused-ring (bicyclic) bond motifs is 8. The highest BCUT2D eigenvalue weighted by Gasteiger charge is 2.37. The molecular weight excluding hydrogens is 589 g/mol. The molecule has 10 rings (SSSR count). The summed E-state index contributed by atoms with van der Waals surface area (Å²) in [5.74, 6) is 0. The first-order valence-electron chi connectivity index (χ1n) is 17.3. The van der Waals surface area contributed by atoms with Crippen LogP contribution in [0.5, 0.6) is 0 Å². The van der Waals surface area contributed by atoms with E-state index in [1.807, 2.05) is 0 Å². The maximum absolute atomic E-state index is 2.43. The van der Waals surface area contributed by atoms with Crippen LogP contribution in [0.2, 0.25) is 0 Å². The Morgan fingerprint density at radius 3 is 1.57 bits per heavy atom. The second-order valence-electron chi connectivity index (χ2n) is 14.0. The zero-order valence-electron chi connectivity index (χ0n) is 27.7. The molecule has 0 amide bonds. The third-order valence-electron chi connectivity index (χ3n) is 11.0. The van der Waals surface area contributed by atoms with Crippen LogP contribution in [0.25, 0.3) is 87.6 Å². The van der Waals surface area contributed by atoms with Crippen LogP contribution >= 0.6 is 0 Å². The Labute approximate surface area is 286 Å². The van der Waals surface area contributed by atoms with E-state index >= 15 is 0 Å². The molecule has 0 unspecified atom stereocenters. The van der Waals surface area contributed by atoms with Crippen LogP contribution in [0.1, 0.15) is 25.0 Å². The third-order valence-corrected chi connectivity index (χ3v) is 11.0. The molecule has 9 aromatic carbocycles. The van der Waals surface area contributed by atoms with E-state index in [1.165, 1.54) is 98.7 Å². The van der Waals surface area contributed by atoms with E-state index in [0.717, 1.165) is 0 Å². The van der Waals surface area contributed by atoms with Crippen molar-refractivity contribution in [1.82, 2.24) is 0 Å².